The normalized spacial score (nSPS) is 14.3. The fraction of sp³-hybridized carbons (Fsp3) is 0.162. The average molecular weight is 616 g/mol. The Bertz CT molecular complexity index is 1700. The smallest absolute Gasteiger partial charge is 0.255 e. The predicted octanol–water partition coefficient (Wildman–Crippen LogP) is 5.87. The zero-order chi connectivity index (χ0) is 31.6. The third-order valence-electron chi connectivity index (χ3n) is 7.29. The molecule has 4 aromatic carbocycles. The number of nitrogens with zero attached hydrogens (tertiary/aromatic N) is 1. The Morgan fingerprint density at radius 3 is 1.30 bits per heavy atom. The zero-order valence-electron chi connectivity index (χ0n) is 25.1. The van der Waals surface area contributed by atoms with E-state index in [1.54, 1.807) is 36.4 Å². The van der Waals surface area contributed by atoms with Gasteiger partial charge in [0.15, 0.2) is 0 Å². The molecule has 0 radical (unpaired) electrons. The molecule has 9 nitrogen and oxygen atoms in total. The molecule has 5 aromatic rings. The average Bonchev–Trinajstić information content (AvgIpc) is 3.10. The number of para-hydroxylation sites is 4. The lowest BCUT2D eigenvalue weighted by Gasteiger charge is -2.15. The first-order valence-electron chi connectivity index (χ1n) is 15.0. The van der Waals surface area contributed by atoms with Crippen molar-refractivity contribution < 1.29 is 28.5 Å². The number of rotatable bonds is 0. The minimum Gasteiger partial charge on any atom is -0.488 e. The molecule has 0 saturated carbocycles. The van der Waals surface area contributed by atoms with Gasteiger partial charge in [-0.3, -0.25) is 14.6 Å². The molecule has 0 aliphatic carbocycles. The van der Waals surface area contributed by atoms with Crippen molar-refractivity contribution in [2.24, 2.45) is 0 Å². The zero-order valence-corrected chi connectivity index (χ0v) is 25.1. The van der Waals surface area contributed by atoms with Crippen molar-refractivity contribution in [1.82, 2.24) is 15.6 Å². The molecule has 0 fully saturated rings. The van der Waals surface area contributed by atoms with E-state index in [1.807, 2.05) is 78.9 Å². The highest BCUT2D eigenvalue weighted by Crippen LogP contribution is 2.26. The van der Waals surface area contributed by atoms with E-state index in [-0.39, 0.29) is 51.3 Å². The number of hydrogen-bond acceptors (Lipinski definition) is 7. The molecule has 1 aromatic heterocycles. The molecule has 2 amide bonds. The van der Waals surface area contributed by atoms with Crippen molar-refractivity contribution in [1.29, 1.82) is 0 Å². The molecular formula is C37H33N3O6. The van der Waals surface area contributed by atoms with Crippen molar-refractivity contribution in [3.05, 3.63) is 149 Å². The Labute approximate surface area is 267 Å². The molecule has 0 spiro atoms. The second kappa shape index (κ2) is 14.8. The van der Waals surface area contributed by atoms with Crippen LogP contribution >= 0.6 is 0 Å². The fourth-order valence-corrected chi connectivity index (χ4v) is 4.93. The van der Waals surface area contributed by atoms with Gasteiger partial charge in [-0.1, -0.05) is 66.7 Å². The largest absolute Gasteiger partial charge is 0.488 e. The molecule has 0 atom stereocenters. The quantitative estimate of drug-likeness (QED) is 0.224. The molecule has 46 heavy (non-hydrogen) atoms. The lowest BCUT2D eigenvalue weighted by molar-refractivity contribution is 0.0922. The first kappa shape index (κ1) is 30.2. The van der Waals surface area contributed by atoms with Gasteiger partial charge < -0.3 is 29.6 Å². The molecule has 6 rings (SSSR count). The first-order chi connectivity index (χ1) is 22.6. The van der Waals surface area contributed by atoms with Gasteiger partial charge in [-0.15, -0.1) is 0 Å². The summed E-state index contributed by atoms with van der Waals surface area (Å²) < 4.78 is 24.5. The lowest BCUT2D eigenvalue weighted by atomic mass is 10.1. The SMILES string of the molecule is O=C1NCCNC(=O)c2ccccc2OCc2ccccc2OCc2cccc(n2)COc2ccccc2COc2ccccc21. The van der Waals surface area contributed by atoms with E-state index in [1.165, 1.54) is 0 Å². The number of benzene rings is 4. The number of amides is 2. The Kier molecular flexibility index (Phi) is 9.70. The first-order valence-corrected chi connectivity index (χ1v) is 15.0. The van der Waals surface area contributed by atoms with Crippen LogP contribution in [-0.2, 0) is 26.4 Å². The summed E-state index contributed by atoms with van der Waals surface area (Å²) in [6, 6.07) is 35.0. The van der Waals surface area contributed by atoms with Crippen LogP contribution in [0.1, 0.15) is 43.2 Å². The highest BCUT2D eigenvalue weighted by atomic mass is 16.5. The van der Waals surface area contributed by atoms with Gasteiger partial charge in [0.05, 0.1) is 22.5 Å². The molecule has 232 valence electrons. The second-order valence-corrected chi connectivity index (χ2v) is 10.5. The van der Waals surface area contributed by atoms with E-state index in [0.29, 0.717) is 34.1 Å². The van der Waals surface area contributed by atoms with Gasteiger partial charge in [0.1, 0.15) is 49.4 Å². The van der Waals surface area contributed by atoms with Crippen LogP contribution in [0.15, 0.2) is 115 Å². The van der Waals surface area contributed by atoms with Crippen LogP contribution in [0.4, 0.5) is 0 Å². The van der Waals surface area contributed by atoms with Crippen molar-refractivity contribution in [2.75, 3.05) is 13.1 Å². The Balaban J connectivity index is 1.26. The van der Waals surface area contributed by atoms with Crippen LogP contribution < -0.4 is 29.6 Å². The molecule has 0 saturated heterocycles. The summed E-state index contributed by atoms with van der Waals surface area (Å²) in [5.74, 6) is 1.57. The summed E-state index contributed by atoms with van der Waals surface area (Å²) >= 11 is 0. The molecular weight excluding hydrogens is 582 g/mol. The Morgan fingerprint density at radius 1 is 0.435 bits per heavy atom. The van der Waals surface area contributed by atoms with Crippen LogP contribution in [0.2, 0.25) is 0 Å². The summed E-state index contributed by atoms with van der Waals surface area (Å²) in [4.78, 5) is 30.9. The number of ether oxygens (including phenoxy) is 4. The van der Waals surface area contributed by atoms with Crippen LogP contribution in [-0.4, -0.2) is 29.9 Å². The topological polar surface area (TPSA) is 108 Å². The van der Waals surface area contributed by atoms with Crippen molar-refractivity contribution in [2.45, 2.75) is 26.4 Å². The van der Waals surface area contributed by atoms with E-state index >= 15 is 0 Å². The Morgan fingerprint density at radius 2 is 0.826 bits per heavy atom. The van der Waals surface area contributed by atoms with Crippen LogP contribution in [0.5, 0.6) is 23.0 Å². The van der Waals surface area contributed by atoms with Gasteiger partial charge in [-0.2, -0.15) is 0 Å². The summed E-state index contributed by atoms with van der Waals surface area (Å²) in [5.41, 5.74) is 3.92. The van der Waals surface area contributed by atoms with Crippen molar-refractivity contribution in [3.63, 3.8) is 0 Å². The maximum atomic E-state index is 13.1. The van der Waals surface area contributed by atoms with E-state index < -0.39 is 0 Å². The maximum Gasteiger partial charge on any atom is 0.255 e. The number of pyridine rings is 1. The summed E-state index contributed by atoms with van der Waals surface area (Å²) in [5, 5.41) is 5.73. The lowest BCUT2D eigenvalue weighted by Crippen LogP contribution is -2.35. The minimum atomic E-state index is -0.310. The summed E-state index contributed by atoms with van der Waals surface area (Å²) in [7, 11) is 0. The molecule has 2 N–H and O–H groups in total. The van der Waals surface area contributed by atoms with Gasteiger partial charge >= 0.3 is 0 Å². The van der Waals surface area contributed by atoms with Gasteiger partial charge in [0.25, 0.3) is 11.8 Å². The van der Waals surface area contributed by atoms with Crippen molar-refractivity contribution >= 4 is 11.8 Å². The van der Waals surface area contributed by atoms with Gasteiger partial charge in [0.2, 0.25) is 0 Å². The number of carbonyl (C=O) groups excluding carboxylic acids is 2. The van der Waals surface area contributed by atoms with Gasteiger partial charge in [0, 0.05) is 24.2 Å². The summed E-state index contributed by atoms with van der Waals surface area (Å²) in [6.45, 7) is 1.33. The van der Waals surface area contributed by atoms with E-state index in [9.17, 15) is 9.59 Å². The molecule has 1 aliphatic heterocycles. The van der Waals surface area contributed by atoms with Crippen LogP contribution in [0.25, 0.3) is 0 Å². The third kappa shape index (κ3) is 7.62. The highest BCUT2D eigenvalue weighted by molar-refractivity contribution is 5.98. The number of aromatic nitrogens is 1. The monoisotopic (exact) mass is 615 g/mol. The molecule has 0 unspecified atom stereocenters. The molecule has 2 bridgehead atoms. The van der Waals surface area contributed by atoms with E-state index in [4.69, 9.17) is 23.9 Å². The summed E-state index contributed by atoms with van der Waals surface area (Å²) in [6.07, 6.45) is 0. The molecule has 1 aliphatic rings. The highest BCUT2D eigenvalue weighted by Gasteiger charge is 2.16. The molecule has 2 heterocycles. The van der Waals surface area contributed by atoms with E-state index in [2.05, 4.69) is 10.6 Å². The van der Waals surface area contributed by atoms with Crippen LogP contribution in [0, 0.1) is 0 Å². The van der Waals surface area contributed by atoms with E-state index in [0.717, 1.165) is 22.5 Å². The second-order valence-electron chi connectivity index (χ2n) is 10.5. The minimum absolute atomic E-state index is 0.193. The standard InChI is InChI=1S/C37H33N3O6/c41-36-30-14-3-7-18-34(30)43-22-26-10-1-5-16-32(26)45-24-28-12-9-13-29(40-28)25-46-33-17-6-2-11-27(33)23-44-35-19-8-4-15-31(35)37(42)39-21-20-38-36/h1-19H,20-25H2,(H,38,41)(H,39,42). The number of fused-ring (bicyclic) bond motifs is 6. The maximum absolute atomic E-state index is 13.1. The number of nitrogens with one attached hydrogen (secondary N) is 2. The van der Waals surface area contributed by atoms with Crippen LogP contribution in [0.3, 0.4) is 0 Å². The van der Waals surface area contributed by atoms with Gasteiger partial charge in [-0.25, -0.2) is 0 Å². The fourth-order valence-electron chi connectivity index (χ4n) is 4.93. The predicted molar refractivity (Wildman–Crippen MR) is 172 cm³/mol. The molecule has 9 heteroatoms. The third-order valence-corrected chi connectivity index (χ3v) is 7.29. The van der Waals surface area contributed by atoms with Crippen molar-refractivity contribution in [3.8, 4) is 23.0 Å². The Hall–Kier alpha value is -5.83. The number of hydrogen-bond donors (Lipinski definition) is 2. The van der Waals surface area contributed by atoms with Gasteiger partial charge in [-0.05, 0) is 48.5 Å². The number of carbonyl (C=O) groups is 2.